The lowest BCUT2D eigenvalue weighted by Gasteiger charge is -2.29. The quantitative estimate of drug-likeness (QED) is 0.366. The van der Waals surface area contributed by atoms with Crippen LogP contribution in [-0.4, -0.2) is 52.5 Å². The van der Waals surface area contributed by atoms with Crippen LogP contribution >= 0.6 is 7.75 Å². The third kappa shape index (κ3) is 7.73. The fraction of sp³-hybridized carbons (Fsp3) is 0.400. The number of carbonyl (C=O) groups is 3. The van der Waals surface area contributed by atoms with Crippen molar-refractivity contribution in [2.75, 3.05) is 6.54 Å². The average molecular weight is 518 g/mol. The number of likely N-dealkylation sites (tertiary alicyclic amines) is 1. The second-order valence-electron chi connectivity index (χ2n) is 8.62. The maximum absolute atomic E-state index is 13.7. The summed E-state index contributed by atoms with van der Waals surface area (Å²) in [5.74, 6) is -2.16. The molecule has 0 radical (unpaired) electrons. The monoisotopic (exact) mass is 517 g/mol. The van der Waals surface area contributed by atoms with Crippen molar-refractivity contribution >= 4 is 25.5 Å². The Hall–Kier alpha value is -3.04. The summed E-state index contributed by atoms with van der Waals surface area (Å²) in [5, 5.41) is 14.2. The van der Waals surface area contributed by atoms with E-state index in [4.69, 9.17) is 14.2 Å². The SMILES string of the molecule is C[C@H](NC(=O)[C@@H]1CCCN1C(=O)[C@H](C)NP(=O)(OCc1ccccc1)OCc1ccccc1)C(=O)O. The number of carboxylic acids is 1. The van der Waals surface area contributed by atoms with Crippen molar-refractivity contribution in [2.45, 2.75) is 58.0 Å². The minimum atomic E-state index is -3.96. The highest BCUT2D eigenvalue weighted by molar-refractivity contribution is 7.51. The van der Waals surface area contributed by atoms with Gasteiger partial charge >= 0.3 is 13.7 Å². The van der Waals surface area contributed by atoms with Crippen molar-refractivity contribution in [3.05, 3.63) is 71.8 Å². The topological polar surface area (TPSA) is 134 Å². The number of aliphatic carboxylic acids is 1. The molecule has 3 N–H and O–H groups in total. The lowest BCUT2D eigenvalue weighted by molar-refractivity contribution is -0.143. The van der Waals surface area contributed by atoms with Gasteiger partial charge in [-0.15, -0.1) is 0 Å². The molecular weight excluding hydrogens is 485 g/mol. The van der Waals surface area contributed by atoms with Crippen molar-refractivity contribution in [1.82, 2.24) is 15.3 Å². The second kappa shape index (κ2) is 12.8. The average Bonchev–Trinajstić information content (AvgIpc) is 3.37. The van der Waals surface area contributed by atoms with Crippen LogP contribution < -0.4 is 10.4 Å². The minimum absolute atomic E-state index is 0.00262. The zero-order chi connectivity index (χ0) is 26.1. The van der Waals surface area contributed by atoms with Gasteiger partial charge in [0.05, 0.1) is 19.3 Å². The van der Waals surface area contributed by atoms with Crippen LogP contribution in [0.15, 0.2) is 60.7 Å². The van der Waals surface area contributed by atoms with Crippen LogP contribution in [0.25, 0.3) is 0 Å². The first kappa shape index (κ1) is 27.5. The summed E-state index contributed by atoms with van der Waals surface area (Å²) in [6.07, 6.45) is 0.994. The molecule has 0 aromatic heterocycles. The summed E-state index contributed by atoms with van der Waals surface area (Å²) >= 11 is 0. The zero-order valence-corrected chi connectivity index (χ0v) is 21.2. The van der Waals surface area contributed by atoms with Gasteiger partial charge in [-0.2, -0.15) is 0 Å². The first-order chi connectivity index (χ1) is 17.2. The number of amides is 2. The van der Waals surface area contributed by atoms with Crippen molar-refractivity contribution < 1.29 is 33.1 Å². The van der Waals surface area contributed by atoms with Gasteiger partial charge in [-0.25, -0.2) is 9.65 Å². The van der Waals surface area contributed by atoms with E-state index in [1.54, 1.807) is 0 Å². The molecule has 1 heterocycles. The molecule has 2 aromatic carbocycles. The number of carboxylic acid groups (broad SMARTS) is 1. The molecule has 1 aliphatic heterocycles. The highest BCUT2D eigenvalue weighted by atomic mass is 31.2. The van der Waals surface area contributed by atoms with Gasteiger partial charge in [-0.1, -0.05) is 60.7 Å². The maximum atomic E-state index is 13.7. The number of hydrogen-bond acceptors (Lipinski definition) is 6. The van der Waals surface area contributed by atoms with E-state index in [1.165, 1.54) is 18.7 Å². The molecule has 10 nitrogen and oxygen atoms in total. The van der Waals surface area contributed by atoms with Gasteiger partial charge in [0, 0.05) is 6.54 Å². The molecule has 36 heavy (non-hydrogen) atoms. The van der Waals surface area contributed by atoms with Crippen LogP contribution in [0.3, 0.4) is 0 Å². The van der Waals surface area contributed by atoms with E-state index < -0.39 is 43.7 Å². The summed E-state index contributed by atoms with van der Waals surface area (Å²) in [6, 6.07) is 15.4. The number of carbonyl (C=O) groups excluding carboxylic acids is 2. The largest absolute Gasteiger partial charge is 0.480 e. The smallest absolute Gasteiger partial charge is 0.406 e. The molecule has 2 aromatic rings. The van der Waals surface area contributed by atoms with E-state index >= 15 is 0 Å². The highest BCUT2D eigenvalue weighted by Gasteiger charge is 2.39. The van der Waals surface area contributed by atoms with E-state index in [9.17, 15) is 18.9 Å². The van der Waals surface area contributed by atoms with Crippen LogP contribution in [0.2, 0.25) is 0 Å². The van der Waals surface area contributed by atoms with Crippen LogP contribution in [-0.2, 0) is 41.2 Å². The zero-order valence-electron chi connectivity index (χ0n) is 20.3. The van der Waals surface area contributed by atoms with Crippen LogP contribution in [0, 0.1) is 0 Å². The van der Waals surface area contributed by atoms with E-state index in [1.807, 2.05) is 60.7 Å². The number of rotatable bonds is 12. The van der Waals surface area contributed by atoms with Crippen molar-refractivity contribution in [1.29, 1.82) is 0 Å². The van der Waals surface area contributed by atoms with E-state index in [0.29, 0.717) is 19.4 Å². The standard InChI is InChI=1S/C25H32N3O7P/c1-18(24(30)28-15-9-14-22(28)23(29)26-19(2)25(31)32)27-36(33,34-16-20-10-5-3-6-11-20)35-17-21-12-7-4-8-13-21/h3-8,10-13,18-19,22H,9,14-17H2,1-2H3,(H,26,29)(H,27,33)(H,31,32)/t18-,19-,22-/m0/s1. The number of benzene rings is 2. The van der Waals surface area contributed by atoms with Crippen LogP contribution in [0.5, 0.6) is 0 Å². The predicted octanol–water partition coefficient (Wildman–Crippen LogP) is 3.09. The Morgan fingerprint density at radius 1 is 0.972 bits per heavy atom. The molecule has 1 saturated heterocycles. The van der Waals surface area contributed by atoms with Gasteiger partial charge in [-0.3, -0.25) is 23.4 Å². The molecule has 1 aliphatic rings. The Morgan fingerprint density at radius 2 is 1.50 bits per heavy atom. The molecule has 1 fully saturated rings. The summed E-state index contributed by atoms with van der Waals surface area (Å²) in [5.41, 5.74) is 1.57. The molecule has 0 bridgehead atoms. The third-order valence-corrected chi connectivity index (χ3v) is 7.42. The molecule has 3 atom stereocenters. The van der Waals surface area contributed by atoms with Gasteiger partial charge in [0.1, 0.15) is 12.1 Å². The summed E-state index contributed by atoms with van der Waals surface area (Å²) < 4.78 is 25.0. The van der Waals surface area contributed by atoms with E-state index in [-0.39, 0.29) is 13.2 Å². The highest BCUT2D eigenvalue weighted by Crippen LogP contribution is 2.46. The Kier molecular flexibility index (Phi) is 9.78. The summed E-state index contributed by atoms with van der Waals surface area (Å²) in [6.45, 7) is 3.21. The van der Waals surface area contributed by atoms with Crippen molar-refractivity contribution in [3.63, 3.8) is 0 Å². The predicted molar refractivity (Wildman–Crippen MR) is 133 cm³/mol. The van der Waals surface area contributed by atoms with Gasteiger partial charge in [-0.05, 0) is 37.8 Å². The molecule has 0 aliphatic carbocycles. The first-order valence-electron chi connectivity index (χ1n) is 11.8. The third-order valence-electron chi connectivity index (χ3n) is 5.78. The van der Waals surface area contributed by atoms with Crippen LogP contribution in [0.4, 0.5) is 0 Å². The number of nitrogens with one attached hydrogen (secondary N) is 2. The normalized spacial score (nSPS) is 17.4. The van der Waals surface area contributed by atoms with Gasteiger partial charge in [0.15, 0.2) is 0 Å². The second-order valence-corrected chi connectivity index (χ2v) is 10.4. The Balaban J connectivity index is 1.69. The Morgan fingerprint density at radius 3 is 2.00 bits per heavy atom. The molecule has 194 valence electrons. The molecule has 0 saturated carbocycles. The Bertz CT molecular complexity index is 1040. The Labute approximate surface area is 210 Å². The molecule has 3 rings (SSSR count). The van der Waals surface area contributed by atoms with Gasteiger partial charge in [0.25, 0.3) is 0 Å². The van der Waals surface area contributed by atoms with Crippen molar-refractivity contribution in [2.24, 2.45) is 0 Å². The van der Waals surface area contributed by atoms with Gasteiger partial charge in [0.2, 0.25) is 11.8 Å². The number of nitrogens with zero attached hydrogens (tertiary/aromatic N) is 1. The molecule has 0 spiro atoms. The fourth-order valence-corrected chi connectivity index (χ4v) is 5.24. The maximum Gasteiger partial charge on any atom is 0.406 e. The minimum Gasteiger partial charge on any atom is -0.480 e. The first-order valence-corrected chi connectivity index (χ1v) is 13.3. The number of hydrogen-bond donors (Lipinski definition) is 3. The van der Waals surface area contributed by atoms with E-state index in [0.717, 1.165) is 11.1 Å². The molecule has 2 amide bonds. The van der Waals surface area contributed by atoms with Gasteiger partial charge < -0.3 is 15.3 Å². The van der Waals surface area contributed by atoms with Crippen molar-refractivity contribution in [3.8, 4) is 0 Å². The summed E-state index contributed by atoms with van der Waals surface area (Å²) in [7, 11) is -3.96. The lowest BCUT2D eigenvalue weighted by atomic mass is 10.1. The molecular formula is C25H32N3O7P. The lowest BCUT2D eigenvalue weighted by Crippen LogP contribution is -2.53. The van der Waals surface area contributed by atoms with E-state index in [2.05, 4.69) is 10.4 Å². The molecule has 0 unspecified atom stereocenters. The fourth-order valence-electron chi connectivity index (χ4n) is 3.79. The van der Waals surface area contributed by atoms with Crippen LogP contribution in [0.1, 0.15) is 37.8 Å². The summed E-state index contributed by atoms with van der Waals surface area (Å²) in [4.78, 5) is 38.3. The molecule has 11 heteroatoms.